The van der Waals surface area contributed by atoms with Gasteiger partial charge in [-0.15, -0.1) is 0 Å². The topological polar surface area (TPSA) is 71.4 Å². The molecule has 5 rings (SSSR count). The highest BCUT2D eigenvalue weighted by Crippen LogP contribution is 2.40. The van der Waals surface area contributed by atoms with Gasteiger partial charge in [-0.1, -0.05) is 37.5 Å². The summed E-state index contributed by atoms with van der Waals surface area (Å²) in [7, 11) is 1.60. The van der Waals surface area contributed by atoms with E-state index in [9.17, 15) is 4.79 Å². The number of hydrogen-bond acceptors (Lipinski definition) is 4. The van der Waals surface area contributed by atoms with E-state index in [-0.39, 0.29) is 18.0 Å². The van der Waals surface area contributed by atoms with Crippen LogP contribution < -0.4 is 15.4 Å². The molecule has 1 aliphatic heterocycles. The Labute approximate surface area is 217 Å². The summed E-state index contributed by atoms with van der Waals surface area (Å²) in [4.78, 5) is 19.6. The van der Waals surface area contributed by atoms with Crippen LogP contribution in [0.3, 0.4) is 0 Å². The lowest BCUT2D eigenvalue weighted by Gasteiger charge is -2.27. The lowest BCUT2D eigenvalue weighted by Crippen LogP contribution is -2.32. The Morgan fingerprint density at radius 3 is 2.72 bits per heavy atom. The van der Waals surface area contributed by atoms with Gasteiger partial charge >= 0.3 is 0 Å². The zero-order valence-electron chi connectivity index (χ0n) is 20.6. The maximum Gasteiger partial charge on any atom is 0.226 e. The summed E-state index contributed by atoms with van der Waals surface area (Å²) in [6.45, 7) is 0.495. The second-order valence-electron chi connectivity index (χ2n) is 9.50. The number of amides is 1. The average Bonchev–Trinajstić information content (AvgIpc) is 3.53. The minimum atomic E-state index is -0.0850. The van der Waals surface area contributed by atoms with Gasteiger partial charge in [0.15, 0.2) is 5.11 Å². The Kier molecular flexibility index (Phi) is 7.51. The Hall–Kier alpha value is -3.39. The van der Waals surface area contributed by atoms with Gasteiger partial charge in [-0.2, -0.15) is 0 Å². The quantitative estimate of drug-likeness (QED) is 0.401. The number of rotatable bonds is 8. The lowest BCUT2D eigenvalue weighted by molar-refractivity contribution is -0.116. The minimum absolute atomic E-state index is 0.0451. The molecule has 0 spiro atoms. The van der Waals surface area contributed by atoms with Crippen molar-refractivity contribution in [3.63, 3.8) is 0 Å². The van der Waals surface area contributed by atoms with Crippen molar-refractivity contribution in [2.75, 3.05) is 19.0 Å². The summed E-state index contributed by atoms with van der Waals surface area (Å²) in [6.07, 6.45) is 13.0. The van der Waals surface area contributed by atoms with E-state index in [2.05, 4.69) is 43.5 Å². The third-order valence-corrected chi connectivity index (χ3v) is 7.59. The number of nitrogens with one attached hydrogen (secondary N) is 2. The number of benzene rings is 1. The molecule has 2 aliphatic rings. The highest BCUT2D eigenvalue weighted by Gasteiger charge is 2.40. The summed E-state index contributed by atoms with van der Waals surface area (Å²) in [5.74, 6) is 0.559. The van der Waals surface area contributed by atoms with Gasteiger partial charge < -0.3 is 24.8 Å². The molecule has 2 aromatic heterocycles. The highest BCUT2D eigenvalue weighted by atomic mass is 32.1. The number of para-hydroxylation sites is 2. The highest BCUT2D eigenvalue weighted by molar-refractivity contribution is 7.80. The Bertz CT molecular complexity index is 1190. The Balaban J connectivity index is 1.35. The number of aromatic nitrogens is 2. The molecule has 2 atom stereocenters. The van der Waals surface area contributed by atoms with Crippen LogP contribution >= 0.6 is 12.2 Å². The number of anilines is 1. The fourth-order valence-electron chi connectivity index (χ4n) is 5.40. The molecule has 2 unspecified atom stereocenters. The van der Waals surface area contributed by atoms with Crippen LogP contribution in [0.4, 0.5) is 5.69 Å². The Morgan fingerprint density at radius 1 is 1.14 bits per heavy atom. The van der Waals surface area contributed by atoms with Gasteiger partial charge in [-0.3, -0.25) is 9.78 Å². The molecule has 1 saturated carbocycles. The van der Waals surface area contributed by atoms with E-state index in [1.165, 1.54) is 37.7 Å². The smallest absolute Gasteiger partial charge is 0.226 e. The summed E-state index contributed by atoms with van der Waals surface area (Å²) >= 11 is 5.78. The molecule has 2 fully saturated rings. The number of carbonyl (C=O) groups is 1. The Morgan fingerprint density at radius 2 is 1.94 bits per heavy atom. The zero-order valence-corrected chi connectivity index (χ0v) is 21.4. The first-order valence-electron chi connectivity index (χ1n) is 12.7. The third kappa shape index (κ3) is 5.23. The first-order valence-corrected chi connectivity index (χ1v) is 13.1. The maximum absolute atomic E-state index is 12.9. The van der Waals surface area contributed by atoms with Crippen molar-refractivity contribution in [1.82, 2.24) is 19.8 Å². The standard InChI is InChI=1S/C28H33N5O2S/c1-35-24-13-6-5-11-22(24)30-25(34)15-18-33-27(26(31-28(33)36)23-12-7-8-16-29-23)20-14-17-32(19-20)21-9-3-2-4-10-21/h5-8,11-14,16-17,19,21,26-27H,2-4,9-10,15,18H2,1H3,(H,30,34)(H,31,36). The number of pyridine rings is 1. The van der Waals surface area contributed by atoms with Crippen molar-refractivity contribution in [1.29, 1.82) is 0 Å². The van der Waals surface area contributed by atoms with Crippen molar-refractivity contribution in [3.05, 3.63) is 78.4 Å². The fraction of sp³-hybridized carbons (Fsp3) is 0.393. The molecule has 1 saturated heterocycles. The number of nitrogens with zero attached hydrogens (tertiary/aromatic N) is 3. The van der Waals surface area contributed by atoms with Crippen LogP contribution in [0.25, 0.3) is 0 Å². The van der Waals surface area contributed by atoms with E-state index in [1.54, 1.807) is 7.11 Å². The molecule has 3 heterocycles. The number of methoxy groups -OCH3 is 1. The van der Waals surface area contributed by atoms with Gasteiger partial charge in [0.25, 0.3) is 0 Å². The van der Waals surface area contributed by atoms with Crippen molar-refractivity contribution >= 4 is 28.9 Å². The van der Waals surface area contributed by atoms with Crippen LogP contribution in [0.5, 0.6) is 5.75 Å². The van der Waals surface area contributed by atoms with Gasteiger partial charge in [-0.05, 0) is 61.0 Å². The summed E-state index contributed by atoms with van der Waals surface area (Å²) < 4.78 is 7.74. The van der Waals surface area contributed by atoms with Crippen molar-refractivity contribution in [2.24, 2.45) is 0 Å². The normalized spacial score (nSPS) is 20.2. The van der Waals surface area contributed by atoms with Crippen molar-refractivity contribution in [3.8, 4) is 5.75 Å². The number of hydrogen-bond donors (Lipinski definition) is 2. The molecular formula is C28H33N5O2S. The van der Waals surface area contributed by atoms with E-state index in [0.717, 1.165) is 5.69 Å². The summed E-state index contributed by atoms with van der Waals surface area (Å²) in [6, 6.07) is 16.0. The molecule has 188 valence electrons. The maximum atomic E-state index is 12.9. The predicted molar refractivity (Wildman–Crippen MR) is 145 cm³/mol. The molecule has 36 heavy (non-hydrogen) atoms. The minimum Gasteiger partial charge on any atom is -0.495 e. The van der Waals surface area contributed by atoms with Crippen molar-refractivity contribution < 1.29 is 9.53 Å². The zero-order chi connectivity index (χ0) is 24.9. The van der Waals surface area contributed by atoms with Crippen LogP contribution in [-0.4, -0.2) is 39.1 Å². The van der Waals surface area contributed by atoms with E-state index in [4.69, 9.17) is 17.0 Å². The predicted octanol–water partition coefficient (Wildman–Crippen LogP) is 5.40. The number of ether oxygens (including phenoxy) is 1. The third-order valence-electron chi connectivity index (χ3n) is 7.23. The van der Waals surface area contributed by atoms with Gasteiger partial charge in [0.1, 0.15) is 5.75 Å². The van der Waals surface area contributed by atoms with Crippen molar-refractivity contribution in [2.45, 2.75) is 56.7 Å². The van der Waals surface area contributed by atoms with Gasteiger partial charge in [0.2, 0.25) is 5.91 Å². The van der Waals surface area contributed by atoms with E-state index < -0.39 is 0 Å². The monoisotopic (exact) mass is 503 g/mol. The van der Waals surface area contributed by atoms with Gasteiger partial charge in [-0.25, -0.2) is 0 Å². The molecule has 1 aromatic carbocycles. The number of thiocarbonyl (C=S) groups is 1. The molecule has 2 N–H and O–H groups in total. The molecule has 1 aliphatic carbocycles. The van der Waals surface area contributed by atoms with E-state index in [1.807, 2.05) is 48.7 Å². The van der Waals surface area contributed by atoms with Crippen LogP contribution in [0.1, 0.15) is 67.9 Å². The van der Waals surface area contributed by atoms with Crippen LogP contribution in [0.15, 0.2) is 67.1 Å². The molecule has 8 heteroatoms. The summed E-state index contributed by atoms with van der Waals surface area (Å²) in [5.41, 5.74) is 2.80. The van der Waals surface area contributed by atoms with Gasteiger partial charge in [0, 0.05) is 37.6 Å². The molecule has 3 aromatic rings. The van der Waals surface area contributed by atoms with Crippen LogP contribution in [-0.2, 0) is 4.79 Å². The molecular weight excluding hydrogens is 470 g/mol. The molecule has 1 amide bonds. The second kappa shape index (κ2) is 11.1. The molecule has 0 bridgehead atoms. The molecule has 0 radical (unpaired) electrons. The second-order valence-corrected chi connectivity index (χ2v) is 9.89. The van der Waals surface area contributed by atoms with E-state index >= 15 is 0 Å². The summed E-state index contributed by atoms with van der Waals surface area (Å²) in [5, 5.41) is 7.10. The van der Waals surface area contributed by atoms with Gasteiger partial charge in [0.05, 0.1) is 30.6 Å². The first-order chi connectivity index (χ1) is 17.6. The molecule has 7 nitrogen and oxygen atoms in total. The SMILES string of the molecule is COc1ccccc1NC(=O)CCN1C(=S)NC(c2ccccn2)C1c1ccn(C2CCCCC2)c1. The van der Waals surface area contributed by atoms with E-state index in [0.29, 0.717) is 35.6 Å². The number of carbonyl (C=O) groups excluding carboxylic acids is 1. The van der Waals surface area contributed by atoms with Crippen LogP contribution in [0.2, 0.25) is 0 Å². The lowest BCUT2D eigenvalue weighted by atomic mass is 9.95. The van der Waals surface area contributed by atoms with Crippen LogP contribution in [0, 0.1) is 0 Å². The largest absolute Gasteiger partial charge is 0.495 e. The fourth-order valence-corrected chi connectivity index (χ4v) is 5.74. The average molecular weight is 504 g/mol. The first kappa shape index (κ1) is 24.3.